The molecule has 0 bridgehead atoms. The Hall–Kier alpha value is -2.76. The number of anilines is 1. The fourth-order valence-electron chi connectivity index (χ4n) is 4.18. The van der Waals surface area contributed by atoms with E-state index in [9.17, 15) is 13.2 Å². The zero-order valence-electron chi connectivity index (χ0n) is 19.5. The zero-order chi connectivity index (χ0) is 23.8. The molecule has 1 N–H and O–H groups in total. The summed E-state index contributed by atoms with van der Waals surface area (Å²) in [5.41, 5.74) is 3.88. The summed E-state index contributed by atoms with van der Waals surface area (Å²) in [5, 5.41) is 7.28. The van der Waals surface area contributed by atoms with E-state index in [0.29, 0.717) is 44.8 Å². The predicted octanol–water partition coefficient (Wildman–Crippen LogP) is 2.00. The Morgan fingerprint density at radius 3 is 2.58 bits per heavy atom. The minimum absolute atomic E-state index is 0.112. The van der Waals surface area contributed by atoms with Crippen LogP contribution in [0.15, 0.2) is 23.1 Å². The summed E-state index contributed by atoms with van der Waals surface area (Å²) in [7, 11) is -1.76. The minimum Gasteiger partial charge on any atom is -0.379 e. The molecule has 0 saturated carbocycles. The van der Waals surface area contributed by atoms with E-state index in [1.54, 1.807) is 22.9 Å². The van der Waals surface area contributed by atoms with Crippen molar-refractivity contribution in [1.29, 1.82) is 0 Å². The lowest BCUT2D eigenvalue weighted by Crippen LogP contribution is -2.40. The molecule has 11 heteroatoms. The van der Waals surface area contributed by atoms with Crippen LogP contribution in [0.5, 0.6) is 0 Å². The molecule has 1 aromatic carbocycles. The van der Waals surface area contributed by atoms with Gasteiger partial charge in [0, 0.05) is 39.5 Å². The summed E-state index contributed by atoms with van der Waals surface area (Å²) in [5.74, 6) is 0.641. The van der Waals surface area contributed by atoms with Gasteiger partial charge in [0.15, 0.2) is 0 Å². The maximum absolute atomic E-state index is 13.0. The third-order valence-electron chi connectivity index (χ3n) is 6.07. The molecule has 2 aromatic heterocycles. The third-order valence-corrected chi connectivity index (χ3v) is 7.97. The van der Waals surface area contributed by atoms with Crippen LogP contribution < -0.4 is 5.32 Å². The van der Waals surface area contributed by atoms with Gasteiger partial charge < -0.3 is 14.6 Å². The van der Waals surface area contributed by atoms with Gasteiger partial charge in [0.05, 0.1) is 46.2 Å². The second kappa shape index (κ2) is 9.24. The molecule has 10 nitrogen and oxygen atoms in total. The van der Waals surface area contributed by atoms with Gasteiger partial charge in [-0.15, -0.1) is 0 Å². The van der Waals surface area contributed by atoms with Gasteiger partial charge in [0.2, 0.25) is 15.9 Å². The van der Waals surface area contributed by atoms with Crippen LogP contribution in [0.2, 0.25) is 0 Å². The van der Waals surface area contributed by atoms with Gasteiger partial charge in [-0.1, -0.05) is 0 Å². The Bertz CT molecular complexity index is 1290. The van der Waals surface area contributed by atoms with Crippen molar-refractivity contribution in [3.05, 3.63) is 35.4 Å². The van der Waals surface area contributed by atoms with E-state index >= 15 is 0 Å². The van der Waals surface area contributed by atoms with Gasteiger partial charge in [-0.2, -0.15) is 9.40 Å². The van der Waals surface area contributed by atoms with E-state index in [2.05, 4.69) is 15.4 Å². The van der Waals surface area contributed by atoms with Crippen molar-refractivity contribution in [2.45, 2.75) is 45.1 Å². The number of benzene rings is 1. The van der Waals surface area contributed by atoms with Crippen molar-refractivity contribution >= 4 is 32.7 Å². The van der Waals surface area contributed by atoms with Crippen LogP contribution in [-0.4, -0.2) is 64.3 Å². The molecule has 0 unspecified atom stereocenters. The van der Waals surface area contributed by atoms with Crippen LogP contribution in [0.25, 0.3) is 11.0 Å². The van der Waals surface area contributed by atoms with E-state index in [1.165, 1.54) is 4.31 Å². The highest BCUT2D eigenvalue weighted by molar-refractivity contribution is 7.89. The number of carbonyl (C=O) groups is 1. The number of nitrogens with one attached hydrogen (secondary N) is 1. The van der Waals surface area contributed by atoms with Crippen LogP contribution in [-0.2, 0) is 39.6 Å². The van der Waals surface area contributed by atoms with Crippen molar-refractivity contribution in [2.24, 2.45) is 7.05 Å². The van der Waals surface area contributed by atoms with Crippen molar-refractivity contribution in [3.63, 3.8) is 0 Å². The normalized spacial score (nSPS) is 15.3. The summed E-state index contributed by atoms with van der Waals surface area (Å²) < 4.78 is 36.5. The maximum Gasteiger partial charge on any atom is 0.243 e. The summed E-state index contributed by atoms with van der Waals surface area (Å²) in [6.45, 7) is 7.94. The van der Waals surface area contributed by atoms with E-state index in [4.69, 9.17) is 4.74 Å². The molecule has 1 saturated heterocycles. The lowest BCUT2D eigenvalue weighted by molar-refractivity contribution is -0.116. The zero-order valence-corrected chi connectivity index (χ0v) is 20.3. The molecule has 33 heavy (non-hydrogen) atoms. The van der Waals surface area contributed by atoms with Crippen LogP contribution in [0.3, 0.4) is 0 Å². The average Bonchev–Trinajstić information content (AvgIpc) is 3.28. The third kappa shape index (κ3) is 4.53. The quantitative estimate of drug-likeness (QED) is 0.561. The monoisotopic (exact) mass is 474 g/mol. The number of sulfonamides is 1. The number of amides is 1. The standard InChI is InChI=1S/C22H30N6O4S/c1-5-28-19-7-6-17(33(30,31)27-10-12-32-13-11-27)14-18(19)23-20(28)8-9-21(29)24-22-15(2)25-26(4)16(22)3/h6-7,14H,5,8-13H2,1-4H3,(H,24,29). The number of carbonyl (C=O) groups excluding carboxylic acids is 1. The van der Waals surface area contributed by atoms with E-state index in [0.717, 1.165) is 28.4 Å². The number of nitrogens with zero attached hydrogens (tertiary/aromatic N) is 5. The molecule has 3 aromatic rings. The van der Waals surface area contributed by atoms with E-state index < -0.39 is 10.0 Å². The summed E-state index contributed by atoms with van der Waals surface area (Å²) >= 11 is 0. The Morgan fingerprint density at radius 2 is 1.94 bits per heavy atom. The highest BCUT2D eigenvalue weighted by atomic mass is 32.2. The highest BCUT2D eigenvalue weighted by Crippen LogP contribution is 2.24. The largest absolute Gasteiger partial charge is 0.379 e. The lowest BCUT2D eigenvalue weighted by Gasteiger charge is -2.26. The molecule has 0 radical (unpaired) electrons. The van der Waals surface area contributed by atoms with Gasteiger partial charge in [0.25, 0.3) is 0 Å². The number of aryl methyl sites for hydroxylation is 4. The number of aromatic nitrogens is 4. The first-order valence-corrected chi connectivity index (χ1v) is 12.5. The second-order valence-corrected chi connectivity index (χ2v) is 10.1. The maximum atomic E-state index is 13.0. The molecule has 3 heterocycles. The number of fused-ring (bicyclic) bond motifs is 1. The molecule has 0 spiro atoms. The molecule has 1 fully saturated rings. The molecule has 1 aliphatic heterocycles. The number of ether oxygens (including phenoxy) is 1. The molecular formula is C22H30N6O4S. The van der Waals surface area contributed by atoms with Crippen molar-refractivity contribution in [1.82, 2.24) is 23.6 Å². The summed E-state index contributed by atoms with van der Waals surface area (Å²) in [6, 6.07) is 5.05. The second-order valence-electron chi connectivity index (χ2n) is 8.16. The van der Waals surface area contributed by atoms with Crippen LogP contribution in [0, 0.1) is 13.8 Å². The minimum atomic E-state index is -3.60. The van der Waals surface area contributed by atoms with Crippen LogP contribution in [0.4, 0.5) is 5.69 Å². The number of imidazole rings is 1. The molecule has 1 amide bonds. The number of rotatable bonds is 7. The first-order valence-electron chi connectivity index (χ1n) is 11.1. The smallest absolute Gasteiger partial charge is 0.243 e. The van der Waals surface area contributed by atoms with Crippen molar-refractivity contribution < 1.29 is 17.9 Å². The Kier molecular flexibility index (Phi) is 6.55. The molecular weight excluding hydrogens is 444 g/mol. The Morgan fingerprint density at radius 1 is 1.21 bits per heavy atom. The predicted molar refractivity (Wildman–Crippen MR) is 125 cm³/mol. The average molecular weight is 475 g/mol. The lowest BCUT2D eigenvalue weighted by atomic mass is 10.2. The van der Waals surface area contributed by atoms with Gasteiger partial charge >= 0.3 is 0 Å². The Labute approximate surface area is 193 Å². The van der Waals surface area contributed by atoms with Crippen molar-refractivity contribution in [2.75, 3.05) is 31.6 Å². The van der Waals surface area contributed by atoms with Crippen LogP contribution >= 0.6 is 0 Å². The summed E-state index contributed by atoms with van der Waals surface area (Å²) in [6.07, 6.45) is 0.703. The van der Waals surface area contributed by atoms with E-state index in [-0.39, 0.29) is 17.2 Å². The molecule has 0 atom stereocenters. The highest BCUT2D eigenvalue weighted by Gasteiger charge is 2.27. The van der Waals surface area contributed by atoms with Crippen LogP contribution in [0.1, 0.15) is 30.6 Å². The fraction of sp³-hybridized carbons (Fsp3) is 0.500. The fourth-order valence-corrected chi connectivity index (χ4v) is 5.61. The number of morpholine rings is 1. The van der Waals surface area contributed by atoms with E-state index in [1.807, 2.05) is 32.4 Å². The molecule has 0 aliphatic carbocycles. The topological polar surface area (TPSA) is 111 Å². The first kappa shape index (κ1) is 23.4. The first-order chi connectivity index (χ1) is 15.7. The summed E-state index contributed by atoms with van der Waals surface area (Å²) in [4.78, 5) is 17.5. The Balaban J connectivity index is 1.53. The van der Waals surface area contributed by atoms with Gasteiger partial charge in [-0.3, -0.25) is 9.48 Å². The number of hydrogen-bond acceptors (Lipinski definition) is 6. The van der Waals surface area contributed by atoms with Gasteiger partial charge in [-0.25, -0.2) is 13.4 Å². The molecule has 178 valence electrons. The van der Waals surface area contributed by atoms with Crippen molar-refractivity contribution in [3.8, 4) is 0 Å². The van der Waals surface area contributed by atoms with Gasteiger partial charge in [-0.05, 0) is 39.0 Å². The molecule has 4 rings (SSSR count). The number of hydrogen-bond donors (Lipinski definition) is 1. The molecule has 1 aliphatic rings. The SMILES string of the molecule is CCn1c(CCC(=O)Nc2c(C)nn(C)c2C)nc2cc(S(=O)(=O)N3CCOCC3)ccc21. The van der Waals surface area contributed by atoms with Gasteiger partial charge in [0.1, 0.15) is 5.82 Å².